The van der Waals surface area contributed by atoms with Crippen molar-refractivity contribution in [2.24, 2.45) is 5.92 Å². The van der Waals surface area contributed by atoms with Gasteiger partial charge in [-0.3, -0.25) is 9.59 Å². The Labute approximate surface area is 136 Å². The van der Waals surface area contributed by atoms with Crippen molar-refractivity contribution in [2.45, 2.75) is 19.0 Å². The molecule has 3 atom stereocenters. The molecule has 3 rings (SSSR count). The number of rotatable bonds is 5. The van der Waals surface area contributed by atoms with E-state index in [0.717, 1.165) is 5.56 Å². The van der Waals surface area contributed by atoms with Crippen LogP contribution in [0.25, 0.3) is 0 Å². The molecule has 1 amide bonds. The van der Waals surface area contributed by atoms with Crippen molar-refractivity contribution < 1.29 is 9.59 Å². The van der Waals surface area contributed by atoms with Gasteiger partial charge in [0.15, 0.2) is 5.78 Å². The van der Waals surface area contributed by atoms with Gasteiger partial charge in [0.05, 0.1) is 12.0 Å². The second-order valence-corrected chi connectivity index (χ2v) is 5.77. The van der Waals surface area contributed by atoms with E-state index in [1.54, 1.807) is 23.1 Å². The Hall–Kier alpha value is -2.68. The summed E-state index contributed by atoms with van der Waals surface area (Å²) in [6.45, 7) is 5.68. The molecule has 0 aromatic heterocycles. The first kappa shape index (κ1) is 15.2. The minimum Gasteiger partial charge on any atom is -0.324 e. The normalized spacial score (nSPS) is 21.4. The molecule has 116 valence electrons. The van der Waals surface area contributed by atoms with Crippen molar-refractivity contribution in [1.82, 2.24) is 4.90 Å². The number of benzene rings is 2. The summed E-state index contributed by atoms with van der Waals surface area (Å²) in [4.78, 5) is 27.0. The highest BCUT2D eigenvalue weighted by molar-refractivity contribution is 6.09. The zero-order chi connectivity index (χ0) is 16.4. The van der Waals surface area contributed by atoms with Crippen LogP contribution in [0.1, 0.15) is 28.9 Å². The highest BCUT2D eigenvalue weighted by Gasteiger charge is 2.51. The third-order valence-electron chi connectivity index (χ3n) is 4.46. The Kier molecular flexibility index (Phi) is 4.11. The largest absolute Gasteiger partial charge is 0.324 e. The van der Waals surface area contributed by atoms with Crippen LogP contribution >= 0.6 is 0 Å². The van der Waals surface area contributed by atoms with Gasteiger partial charge in [-0.1, -0.05) is 66.7 Å². The molecule has 0 bridgehead atoms. The SMILES string of the molecule is C=C[C@@H]1C(=O)N(C(C)c2ccccc2)[C@@H]1C(=O)c1ccccc1. The average Bonchev–Trinajstić information content (AvgIpc) is 2.61. The number of hydrogen-bond acceptors (Lipinski definition) is 2. The number of amides is 1. The van der Waals surface area contributed by atoms with Crippen LogP contribution in [0.15, 0.2) is 73.3 Å². The molecule has 1 aliphatic heterocycles. The molecular weight excluding hydrogens is 286 g/mol. The Morgan fingerprint density at radius 1 is 1.09 bits per heavy atom. The molecular formula is C20H19NO2. The number of carbonyl (C=O) groups excluding carboxylic acids is 2. The molecule has 2 aromatic rings. The smallest absolute Gasteiger partial charge is 0.233 e. The number of β-lactam (4-membered cyclic amide) rings is 1. The summed E-state index contributed by atoms with van der Waals surface area (Å²) in [6, 6.07) is 18.3. The van der Waals surface area contributed by atoms with E-state index < -0.39 is 12.0 Å². The van der Waals surface area contributed by atoms with Gasteiger partial charge in [0.1, 0.15) is 6.04 Å². The predicted octanol–water partition coefficient (Wildman–Crippen LogP) is 3.64. The molecule has 1 aliphatic rings. The number of carbonyl (C=O) groups is 2. The van der Waals surface area contributed by atoms with E-state index in [2.05, 4.69) is 6.58 Å². The molecule has 1 heterocycles. The lowest BCUT2D eigenvalue weighted by atomic mass is 9.80. The van der Waals surface area contributed by atoms with Gasteiger partial charge in [-0.15, -0.1) is 6.58 Å². The first-order valence-electron chi connectivity index (χ1n) is 7.74. The highest BCUT2D eigenvalue weighted by Crippen LogP contribution is 2.37. The maximum atomic E-state index is 12.8. The number of likely N-dealkylation sites (tertiary alicyclic amines) is 1. The minimum atomic E-state index is -0.474. The maximum Gasteiger partial charge on any atom is 0.233 e. The van der Waals surface area contributed by atoms with E-state index >= 15 is 0 Å². The highest BCUT2D eigenvalue weighted by atomic mass is 16.2. The van der Waals surface area contributed by atoms with Crippen molar-refractivity contribution in [3.8, 4) is 0 Å². The molecule has 0 radical (unpaired) electrons. The number of ketones is 1. The Morgan fingerprint density at radius 3 is 2.22 bits per heavy atom. The number of nitrogens with zero attached hydrogens (tertiary/aromatic N) is 1. The maximum absolute atomic E-state index is 12.8. The minimum absolute atomic E-state index is 0.0297. The van der Waals surface area contributed by atoms with E-state index in [9.17, 15) is 9.59 Å². The zero-order valence-corrected chi connectivity index (χ0v) is 13.1. The summed E-state index contributed by atoms with van der Waals surface area (Å²) in [5, 5.41) is 0. The van der Waals surface area contributed by atoms with Crippen molar-refractivity contribution in [1.29, 1.82) is 0 Å². The van der Waals surface area contributed by atoms with Gasteiger partial charge in [-0.2, -0.15) is 0 Å². The van der Waals surface area contributed by atoms with Crippen LogP contribution in [0, 0.1) is 5.92 Å². The second-order valence-electron chi connectivity index (χ2n) is 5.77. The van der Waals surface area contributed by atoms with Gasteiger partial charge >= 0.3 is 0 Å². The monoisotopic (exact) mass is 305 g/mol. The Morgan fingerprint density at radius 2 is 1.65 bits per heavy atom. The molecule has 1 saturated heterocycles. The van der Waals surface area contributed by atoms with Crippen molar-refractivity contribution in [3.63, 3.8) is 0 Å². The topological polar surface area (TPSA) is 37.4 Å². The summed E-state index contributed by atoms with van der Waals surface area (Å²) in [7, 11) is 0. The summed E-state index contributed by atoms with van der Waals surface area (Å²) < 4.78 is 0. The van der Waals surface area contributed by atoms with E-state index in [4.69, 9.17) is 0 Å². The predicted molar refractivity (Wildman–Crippen MR) is 90.0 cm³/mol. The number of Topliss-reactive ketones (excluding diaryl/α,β-unsaturated/α-hetero) is 1. The Bertz CT molecular complexity index is 724. The zero-order valence-electron chi connectivity index (χ0n) is 13.1. The summed E-state index contributed by atoms with van der Waals surface area (Å²) in [5.41, 5.74) is 1.65. The summed E-state index contributed by atoms with van der Waals surface area (Å²) in [6.07, 6.45) is 1.59. The molecule has 3 nitrogen and oxygen atoms in total. The fraction of sp³-hybridized carbons (Fsp3) is 0.200. The molecule has 0 aliphatic carbocycles. The van der Waals surface area contributed by atoms with Crippen LogP contribution in [0.4, 0.5) is 0 Å². The Balaban J connectivity index is 1.91. The van der Waals surface area contributed by atoms with Gasteiger partial charge < -0.3 is 4.90 Å². The lowest BCUT2D eigenvalue weighted by Crippen LogP contribution is -2.64. The van der Waals surface area contributed by atoms with Crippen LogP contribution < -0.4 is 0 Å². The van der Waals surface area contributed by atoms with Gasteiger partial charge in [0.25, 0.3) is 0 Å². The molecule has 1 fully saturated rings. The lowest BCUT2D eigenvalue weighted by molar-refractivity contribution is -0.153. The first-order chi connectivity index (χ1) is 11.1. The van der Waals surface area contributed by atoms with E-state index in [-0.39, 0.29) is 17.7 Å². The first-order valence-corrected chi connectivity index (χ1v) is 7.74. The lowest BCUT2D eigenvalue weighted by Gasteiger charge is -2.48. The van der Waals surface area contributed by atoms with E-state index in [1.807, 2.05) is 55.5 Å². The third kappa shape index (κ3) is 2.59. The molecule has 1 unspecified atom stereocenters. The molecule has 23 heavy (non-hydrogen) atoms. The third-order valence-corrected chi connectivity index (χ3v) is 4.46. The van der Waals surface area contributed by atoms with Crippen molar-refractivity contribution in [2.75, 3.05) is 0 Å². The van der Waals surface area contributed by atoms with E-state index in [1.165, 1.54) is 0 Å². The molecule has 0 spiro atoms. The summed E-state index contributed by atoms with van der Waals surface area (Å²) >= 11 is 0. The van der Waals surface area contributed by atoms with Crippen LogP contribution in [-0.4, -0.2) is 22.6 Å². The van der Waals surface area contributed by atoms with Crippen LogP contribution in [0.2, 0.25) is 0 Å². The van der Waals surface area contributed by atoms with Crippen molar-refractivity contribution in [3.05, 3.63) is 84.4 Å². The van der Waals surface area contributed by atoms with Gasteiger partial charge in [-0.05, 0) is 12.5 Å². The quantitative estimate of drug-likeness (QED) is 0.480. The molecule has 0 N–H and O–H groups in total. The summed E-state index contributed by atoms with van der Waals surface area (Å²) in [5.74, 6) is -0.502. The van der Waals surface area contributed by atoms with Gasteiger partial charge in [-0.25, -0.2) is 0 Å². The fourth-order valence-corrected chi connectivity index (χ4v) is 3.15. The molecule has 0 saturated carbocycles. The van der Waals surface area contributed by atoms with Crippen LogP contribution in [0.5, 0.6) is 0 Å². The van der Waals surface area contributed by atoms with Gasteiger partial charge in [0.2, 0.25) is 5.91 Å². The van der Waals surface area contributed by atoms with Crippen molar-refractivity contribution >= 4 is 11.7 Å². The van der Waals surface area contributed by atoms with Crippen LogP contribution in [-0.2, 0) is 4.79 Å². The molecule has 3 heteroatoms. The number of hydrogen-bond donors (Lipinski definition) is 0. The standard InChI is InChI=1S/C20H19NO2/c1-3-17-18(19(22)16-12-8-5-9-13-16)21(20(17)23)14(2)15-10-6-4-7-11-15/h3-14,17-18H,1H2,2H3/t14?,17-,18-/m0/s1. The van der Waals surface area contributed by atoms with E-state index in [0.29, 0.717) is 5.56 Å². The van der Waals surface area contributed by atoms with Gasteiger partial charge in [0, 0.05) is 5.56 Å². The second kappa shape index (κ2) is 6.21. The average molecular weight is 305 g/mol. The van der Waals surface area contributed by atoms with Crippen LogP contribution in [0.3, 0.4) is 0 Å². The fourth-order valence-electron chi connectivity index (χ4n) is 3.15. The molecule has 2 aromatic carbocycles.